The summed E-state index contributed by atoms with van der Waals surface area (Å²) < 4.78 is 10.9. The van der Waals surface area contributed by atoms with Crippen molar-refractivity contribution in [3.05, 3.63) is 40.1 Å². The fourth-order valence-electron chi connectivity index (χ4n) is 2.90. The van der Waals surface area contributed by atoms with Gasteiger partial charge in [-0.1, -0.05) is 5.16 Å². The number of amides is 2. The van der Waals surface area contributed by atoms with Gasteiger partial charge in [-0.25, -0.2) is 0 Å². The van der Waals surface area contributed by atoms with Crippen molar-refractivity contribution >= 4 is 33.6 Å². The number of carbonyl (C=O) groups is 2. The number of rotatable bonds is 5. The van der Waals surface area contributed by atoms with Crippen molar-refractivity contribution in [2.45, 2.75) is 6.92 Å². The van der Waals surface area contributed by atoms with Gasteiger partial charge in [0.25, 0.3) is 5.91 Å². The van der Waals surface area contributed by atoms with Gasteiger partial charge in [-0.3, -0.25) is 14.5 Å². The number of ether oxygens (including phenoxy) is 1. The van der Waals surface area contributed by atoms with E-state index in [1.165, 1.54) is 0 Å². The van der Waals surface area contributed by atoms with Gasteiger partial charge in [-0.2, -0.15) is 0 Å². The van der Waals surface area contributed by atoms with Crippen molar-refractivity contribution in [3.8, 4) is 5.75 Å². The molecule has 1 fully saturated rings. The Bertz CT molecular complexity index is 831. The number of piperazine rings is 1. The second-order valence-electron chi connectivity index (χ2n) is 6.29. The highest BCUT2D eigenvalue weighted by molar-refractivity contribution is 9.10. The average Bonchev–Trinajstić information content (AvgIpc) is 3.06. The number of hydrogen-bond acceptors (Lipinski definition) is 6. The summed E-state index contributed by atoms with van der Waals surface area (Å²) >= 11 is 3.40. The first kappa shape index (κ1) is 19.4. The monoisotopic (exact) mass is 436 g/mol. The van der Waals surface area contributed by atoms with Crippen LogP contribution in [0.1, 0.15) is 16.1 Å². The smallest absolute Gasteiger partial charge is 0.253 e. The lowest BCUT2D eigenvalue weighted by atomic mass is 10.1. The first-order valence-electron chi connectivity index (χ1n) is 8.54. The molecule has 1 aliphatic heterocycles. The molecular weight excluding hydrogens is 416 g/mol. The lowest BCUT2D eigenvalue weighted by molar-refractivity contribution is -0.117. The molecule has 0 bridgehead atoms. The van der Waals surface area contributed by atoms with E-state index in [0.29, 0.717) is 49.1 Å². The molecule has 0 spiro atoms. The minimum atomic E-state index is -0.151. The lowest BCUT2D eigenvalue weighted by Crippen LogP contribution is -2.50. The highest BCUT2D eigenvalue weighted by Gasteiger charge is 2.24. The van der Waals surface area contributed by atoms with Gasteiger partial charge in [0, 0.05) is 37.8 Å². The minimum Gasteiger partial charge on any atom is -0.496 e. The van der Waals surface area contributed by atoms with Crippen LogP contribution in [0.3, 0.4) is 0 Å². The van der Waals surface area contributed by atoms with Crippen molar-refractivity contribution in [2.24, 2.45) is 0 Å². The summed E-state index contributed by atoms with van der Waals surface area (Å²) in [5, 5.41) is 6.45. The second-order valence-corrected chi connectivity index (χ2v) is 7.14. The molecule has 3 rings (SSSR count). The summed E-state index contributed by atoms with van der Waals surface area (Å²) in [6.07, 6.45) is 0. The summed E-state index contributed by atoms with van der Waals surface area (Å²) in [5.74, 6) is 1.56. The maximum Gasteiger partial charge on any atom is 0.253 e. The molecule has 0 radical (unpaired) electrons. The van der Waals surface area contributed by atoms with Crippen molar-refractivity contribution in [1.29, 1.82) is 0 Å². The number of benzene rings is 1. The largest absolute Gasteiger partial charge is 0.496 e. The molecule has 2 amide bonds. The molecule has 2 aromatic rings. The highest BCUT2D eigenvalue weighted by atomic mass is 79.9. The second kappa shape index (κ2) is 8.53. The van der Waals surface area contributed by atoms with E-state index in [0.717, 1.165) is 4.47 Å². The molecule has 8 nitrogen and oxygen atoms in total. The standard InChI is InChI=1S/C18H21BrN4O4/c1-12-9-16(21-27-12)20-17(24)11-22-5-7-23(8-6-22)18(25)13-3-4-15(26-2)14(19)10-13/h3-4,9-10H,5-8,11H2,1-2H3,(H,20,21,24). The number of anilines is 1. The molecule has 1 saturated heterocycles. The quantitative estimate of drug-likeness (QED) is 0.772. The first-order chi connectivity index (χ1) is 13.0. The number of aryl methyl sites for hydroxylation is 1. The number of carbonyl (C=O) groups excluding carboxylic acids is 2. The van der Waals surface area contributed by atoms with Crippen LogP contribution in [0.5, 0.6) is 5.75 Å². The average molecular weight is 437 g/mol. The lowest BCUT2D eigenvalue weighted by Gasteiger charge is -2.34. The van der Waals surface area contributed by atoms with Crippen LogP contribution in [0.15, 0.2) is 33.3 Å². The summed E-state index contributed by atoms with van der Waals surface area (Å²) in [7, 11) is 1.58. The Morgan fingerprint density at radius 3 is 2.59 bits per heavy atom. The number of aromatic nitrogens is 1. The summed E-state index contributed by atoms with van der Waals surface area (Å²) in [4.78, 5) is 28.6. The first-order valence-corrected chi connectivity index (χ1v) is 9.34. The Balaban J connectivity index is 1.50. The number of nitrogens with one attached hydrogen (secondary N) is 1. The third-order valence-electron chi connectivity index (χ3n) is 4.32. The van der Waals surface area contributed by atoms with Gasteiger partial charge in [-0.15, -0.1) is 0 Å². The van der Waals surface area contributed by atoms with Gasteiger partial charge < -0.3 is 19.5 Å². The maximum absolute atomic E-state index is 12.7. The van der Waals surface area contributed by atoms with E-state index in [1.54, 1.807) is 43.2 Å². The zero-order valence-electron chi connectivity index (χ0n) is 15.2. The van der Waals surface area contributed by atoms with Crippen molar-refractivity contribution in [1.82, 2.24) is 15.0 Å². The van der Waals surface area contributed by atoms with Crippen molar-refractivity contribution in [3.63, 3.8) is 0 Å². The van der Waals surface area contributed by atoms with Crippen LogP contribution < -0.4 is 10.1 Å². The van der Waals surface area contributed by atoms with Crippen LogP contribution in [-0.4, -0.2) is 66.6 Å². The molecule has 0 unspecified atom stereocenters. The van der Waals surface area contributed by atoms with E-state index < -0.39 is 0 Å². The molecule has 144 valence electrons. The van der Waals surface area contributed by atoms with Crippen molar-refractivity contribution in [2.75, 3.05) is 45.2 Å². The Morgan fingerprint density at radius 1 is 1.26 bits per heavy atom. The fraction of sp³-hybridized carbons (Fsp3) is 0.389. The van der Waals surface area contributed by atoms with Crippen LogP contribution >= 0.6 is 15.9 Å². The maximum atomic E-state index is 12.7. The molecule has 0 aliphatic carbocycles. The van der Waals surface area contributed by atoms with Crippen LogP contribution in [0.4, 0.5) is 5.82 Å². The minimum absolute atomic E-state index is 0.0273. The molecule has 1 aliphatic rings. The molecule has 0 atom stereocenters. The SMILES string of the molecule is COc1ccc(C(=O)N2CCN(CC(=O)Nc3cc(C)on3)CC2)cc1Br. The molecule has 2 heterocycles. The summed E-state index contributed by atoms with van der Waals surface area (Å²) in [6.45, 7) is 4.42. The number of methoxy groups -OCH3 is 1. The third-order valence-corrected chi connectivity index (χ3v) is 4.94. The predicted octanol–water partition coefficient (Wildman–Crippen LogP) is 2.15. The van der Waals surface area contributed by atoms with E-state index in [4.69, 9.17) is 9.26 Å². The van der Waals surface area contributed by atoms with Gasteiger partial charge >= 0.3 is 0 Å². The van der Waals surface area contributed by atoms with E-state index in [1.807, 2.05) is 4.90 Å². The molecule has 0 saturated carbocycles. The van der Waals surface area contributed by atoms with Gasteiger partial charge in [0.05, 0.1) is 18.1 Å². The molecule has 1 aromatic carbocycles. The number of halogens is 1. The van der Waals surface area contributed by atoms with Gasteiger partial charge in [0.15, 0.2) is 5.82 Å². The van der Waals surface area contributed by atoms with E-state index in [2.05, 4.69) is 26.4 Å². The molecular formula is C18H21BrN4O4. The number of hydrogen-bond donors (Lipinski definition) is 1. The molecule has 27 heavy (non-hydrogen) atoms. The Hall–Kier alpha value is -2.39. The van der Waals surface area contributed by atoms with Crippen LogP contribution in [-0.2, 0) is 4.79 Å². The van der Waals surface area contributed by atoms with Crippen LogP contribution in [0.25, 0.3) is 0 Å². The predicted molar refractivity (Wildman–Crippen MR) is 103 cm³/mol. The highest BCUT2D eigenvalue weighted by Crippen LogP contribution is 2.26. The van der Waals surface area contributed by atoms with E-state index in [-0.39, 0.29) is 18.4 Å². The van der Waals surface area contributed by atoms with Crippen LogP contribution in [0.2, 0.25) is 0 Å². The third kappa shape index (κ3) is 4.86. The number of nitrogens with zero attached hydrogens (tertiary/aromatic N) is 3. The molecule has 9 heteroatoms. The Kier molecular flexibility index (Phi) is 6.12. The Labute approximate surface area is 165 Å². The van der Waals surface area contributed by atoms with Crippen molar-refractivity contribution < 1.29 is 18.8 Å². The van der Waals surface area contributed by atoms with E-state index >= 15 is 0 Å². The molecule has 1 N–H and O–H groups in total. The fourth-order valence-corrected chi connectivity index (χ4v) is 3.44. The molecule has 1 aromatic heterocycles. The van der Waals surface area contributed by atoms with Gasteiger partial charge in [0.1, 0.15) is 11.5 Å². The zero-order valence-corrected chi connectivity index (χ0v) is 16.8. The summed E-state index contributed by atoms with van der Waals surface area (Å²) in [6, 6.07) is 6.96. The normalized spacial score (nSPS) is 14.9. The van der Waals surface area contributed by atoms with E-state index in [9.17, 15) is 9.59 Å². The Morgan fingerprint density at radius 2 is 2.00 bits per heavy atom. The van der Waals surface area contributed by atoms with Gasteiger partial charge in [0.2, 0.25) is 5.91 Å². The summed E-state index contributed by atoms with van der Waals surface area (Å²) in [5.41, 5.74) is 0.607. The van der Waals surface area contributed by atoms with Crippen LogP contribution in [0, 0.1) is 6.92 Å². The zero-order chi connectivity index (χ0) is 19.4. The van der Waals surface area contributed by atoms with Gasteiger partial charge in [-0.05, 0) is 41.1 Å². The topological polar surface area (TPSA) is 87.9 Å².